The third-order valence-electron chi connectivity index (χ3n) is 1.92. The van der Waals surface area contributed by atoms with Crippen LogP contribution in [0.3, 0.4) is 0 Å². The number of hydrogen-bond acceptors (Lipinski definition) is 3. The van der Waals surface area contributed by atoms with Crippen molar-refractivity contribution in [2.75, 3.05) is 6.61 Å². The maximum Gasteiger partial charge on any atom is 0.265 e. The van der Waals surface area contributed by atoms with E-state index in [0.29, 0.717) is 16.8 Å². The summed E-state index contributed by atoms with van der Waals surface area (Å²) in [6.07, 6.45) is 1.86. The number of hydrogen-bond donors (Lipinski definition) is 0. The first-order valence-corrected chi connectivity index (χ1v) is 7.92. The maximum atomic E-state index is 11.3. The Labute approximate surface area is 108 Å². The van der Waals surface area contributed by atoms with Crippen molar-refractivity contribution >= 4 is 35.7 Å². The van der Waals surface area contributed by atoms with Crippen LogP contribution < -0.4 is 4.74 Å². The second-order valence-electron chi connectivity index (χ2n) is 3.23. The summed E-state index contributed by atoms with van der Waals surface area (Å²) >= 11 is 3.19. The Hall–Kier alpha value is -0.260. The molecule has 0 saturated heterocycles. The van der Waals surface area contributed by atoms with Crippen LogP contribution in [-0.2, 0) is 9.05 Å². The molecule has 3 nitrogen and oxygen atoms in total. The predicted octanol–water partition coefficient (Wildman–Crippen LogP) is 3.56. The number of ether oxygens (including phenoxy) is 1. The summed E-state index contributed by atoms with van der Waals surface area (Å²) in [6, 6.07) is 4.74. The molecule has 1 aromatic carbocycles. The molecule has 0 heterocycles. The van der Waals surface area contributed by atoms with Crippen LogP contribution in [0.15, 0.2) is 27.6 Å². The summed E-state index contributed by atoms with van der Waals surface area (Å²) < 4.78 is 28.6. The van der Waals surface area contributed by atoms with Gasteiger partial charge in [-0.3, -0.25) is 0 Å². The Bertz CT molecular complexity index is 459. The van der Waals surface area contributed by atoms with E-state index in [9.17, 15) is 8.42 Å². The van der Waals surface area contributed by atoms with Crippen molar-refractivity contribution in [1.29, 1.82) is 0 Å². The lowest BCUT2D eigenvalue weighted by Crippen LogP contribution is -2.01. The highest BCUT2D eigenvalue weighted by molar-refractivity contribution is 9.10. The molecule has 0 aliphatic carbocycles. The SMILES string of the molecule is CCCCOc1ccc(Br)cc1S(=O)(=O)Cl. The van der Waals surface area contributed by atoms with Gasteiger partial charge < -0.3 is 4.74 Å². The Kier molecular flexibility index (Phi) is 5.08. The Morgan fingerprint density at radius 2 is 2.12 bits per heavy atom. The lowest BCUT2D eigenvalue weighted by molar-refractivity contribution is 0.302. The second kappa shape index (κ2) is 5.89. The summed E-state index contributed by atoms with van der Waals surface area (Å²) in [6.45, 7) is 2.52. The normalized spacial score (nSPS) is 11.4. The Balaban J connectivity index is 2.99. The van der Waals surface area contributed by atoms with Gasteiger partial charge in [-0.25, -0.2) is 8.42 Å². The Morgan fingerprint density at radius 1 is 1.44 bits per heavy atom. The zero-order valence-electron chi connectivity index (χ0n) is 8.74. The molecule has 0 unspecified atom stereocenters. The molecular formula is C10H12BrClO3S. The van der Waals surface area contributed by atoms with Gasteiger partial charge in [-0.1, -0.05) is 29.3 Å². The van der Waals surface area contributed by atoms with E-state index in [-0.39, 0.29) is 4.90 Å². The first-order chi connectivity index (χ1) is 7.45. The van der Waals surface area contributed by atoms with Gasteiger partial charge in [0.25, 0.3) is 9.05 Å². The molecular weight excluding hydrogens is 316 g/mol. The van der Waals surface area contributed by atoms with Crippen molar-refractivity contribution in [1.82, 2.24) is 0 Å². The minimum absolute atomic E-state index is 0.000329. The average Bonchev–Trinajstić information content (AvgIpc) is 2.19. The molecule has 0 N–H and O–H groups in total. The third kappa shape index (κ3) is 3.96. The number of unbranched alkanes of at least 4 members (excludes halogenated alkanes) is 1. The quantitative estimate of drug-likeness (QED) is 0.613. The van der Waals surface area contributed by atoms with E-state index < -0.39 is 9.05 Å². The zero-order chi connectivity index (χ0) is 12.2. The van der Waals surface area contributed by atoms with Crippen molar-refractivity contribution in [3.8, 4) is 5.75 Å². The highest BCUT2D eigenvalue weighted by atomic mass is 79.9. The van der Waals surface area contributed by atoms with Crippen LogP contribution in [0, 0.1) is 0 Å². The smallest absolute Gasteiger partial charge is 0.265 e. The molecule has 90 valence electrons. The topological polar surface area (TPSA) is 43.4 Å². The molecule has 0 fully saturated rings. The van der Waals surface area contributed by atoms with Gasteiger partial charge in [-0.05, 0) is 24.6 Å². The summed E-state index contributed by atoms with van der Waals surface area (Å²) in [5.74, 6) is 0.298. The van der Waals surface area contributed by atoms with Crippen molar-refractivity contribution < 1.29 is 13.2 Å². The van der Waals surface area contributed by atoms with Gasteiger partial charge in [0.1, 0.15) is 10.6 Å². The van der Waals surface area contributed by atoms with Crippen LogP contribution >= 0.6 is 26.6 Å². The standard InChI is InChI=1S/C10H12BrClO3S/c1-2-3-6-15-9-5-4-8(11)7-10(9)16(12,13)14/h4-5,7H,2-3,6H2,1H3. The van der Waals surface area contributed by atoms with Gasteiger partial charge in [0, 0.05) is 15.2 Å². The van der Waals surface area contributed by atoms with Crippen LogP contribution in [-0.4, -0.2) is 15.0 Å². The van der Waals surface area contributed by atoms with Gasteiger partial charge in [-0.15, -0.1) is 0 Å². The fourth-order valence-corrected chi connectivity index (χ4v) is 2.63. The lowest BCUT2D eigenvalue weighted by Gasteiger charge is -2.09. The first kappa shape index (κ1) is 13.8. The van der Waals surface area contributed by atoms with Gasteiger partial charge >= 0.3 is 0 Å². The maximum absolute atomic E-state index is 11.3. The average molecular weight is 328 g/mol. The van der Waals surface area contributed by atoms with Gasteiger partial charge in [0.15, 0.2) is 0 Å². The summed E-state index contributed by atoms with van der Waals surface area (Å²) in [5.41, 5.74) is 0. The number of halogens is 2. The van der Waals surface area contributed by atoms with Crippen LogP contribution in [0.4, 0.5) is 0 Å². The van der Waals surface area contributed by atoms with E-state index in [4.69, 9.17) is 15.4 Å². The van der Waals surface area contributed by atoms with Crippen LogP contribution in [0.2, 0.25) is 0 Å². The number of benzene rings is 1. The Morgan fingerprint density at radius 3 is 2.69 bits per heavy atom. The first-order valence-electron chi connectivity index (χ1n) is 4.82. The lowest BCUT2D eigenvalue weighted by atomic mass is 10.3. The molecule has 0 aliphatic heterocycles. The van der Waals surface area contributed by atoms with Crippen molar-refractivity contribution in [2.45, 2.75) is 24.7 Å². The van der Waals surface area contributed by atoms with Crippen molar-refractivity contribution in [3.63, 3.8) is 0 Å². The summed E-state index contributed by atoms with van der Waals surface area (Å²) in [7, 11) is 1.54. The van der Waals surface area contributed by atoms with Crippen molar-refractivity contribution in [3.05, 3.63) is 22.7 Å². The molecule has 0 spiro atoms. The van der Waals surface area contributed by atoms with E-state index in [1.807, 2.05) is 6.92 Å². The molecule has 0 aromatic heterocycles. The molecule has 16 heavy (non-hydrogen) atoms. The highest BCUT2D eigenvalue weighted by Crippen LogP contribution is 2.30. The fraction of sp³-hybridized carbons (Fsp3) is 0.400. The van der Waals surface area contributed by atoms with E-state index in [1.54, 1.807) is 12.1 Å². The molecule has 0 saturated carbocycles. The van der Waals surface area contributed by atoms with Crippen LogP contribution in [0.25, 0.3) is 0 Å². The molecule has 6 heteroatoms. The minimum Gasteiger partial charge on any atom is -0.492 e. The van der Waals surface area contributed by atoms with E-state index in [2.05, 4.69) is 15.9 Å². The van der Waals surface area contributed by atoms with E-state index in [1.165, 1.54) is 6.07 Å². The largest absolute Gasteiger partial charge is 0.492 e. The summed E-state index contributed by atoms with van der Waals surface area (Å²) in [4.78, 5) is -0.000329. The molecule has 0 bridgehead atoms. The molecule has 0 atom stereocenters. The van der Waals surface area contributed by atoms with Gasteiger partial charge in [0.2, 0.25) is 0 Å². The van der Waals surface area contributed by atoms with Crippen LogP contribution in [0.1, 0.15) is 19.8 Å². The van der Waals surface area contributed by atoms with Gasteiger partial charge in [-0.2, -0.15) is 0 Å². The van der Waals surface area contributed by atoms with Crippen LogP contribution in [0.5, 0.6) is 5.75 Å². The minimum atomic E-state index is -3.78. The second-order valence-corrected chi connectivity index (χ2v) is 6.68. The van der Waals surface area contributed by atoms with E-state index in [0.717, 1.165) is 12.8 Å². The molecule has 0 aliphatic rings. The third-order valence-corrected chi connectivity index (χ3v) is 3.76. The molecule has 1 rings (SSSR count). The van der Waals surface area contributed by atoms with Crippen molar-refractivity contribution in [2.24, 2.45) is 0 Å². The molecule has 0 amide bonds. The summed E-state index contributed by atoms with van der Waals surface area (Å²) in [5, 5.41) is 0. The molecule has 0 radical (unpaired) electrons. The zero-order valence-corrected chi connectivity index (χ0v) is 11.9. The monoisotopic (exact) mass is 326 g/mol. The van der Waals surface area contributed by atoms with E-state index >= 15 is 0 Å². The number of rotatable bonds is 5. The molecule has 1 aromatic rings. The highest BCUT2D eigenvalue weighted by Gasteiger charge is 2.17. The van der Waals surface area contributed by atoms with Gasteiger partial charge in [0.05, 0.1) is 6.61 Å². The fourth-order valence-electron chi connectivity index (χ4n) is 1.12. The predicted molar refractivity (Wildman–Crippen MR) is 67.6 cm³/mol.